The highest BCUT2D eigenvalue weighted by Gasteiger charge is 2.11. The Bertz CT molecular complexity index is 820. The first-order chi connectivity index (χ1) is 10.0. The van der Waals surface area contributed by atoms with Crippen molar-refractivity contribution < 1.29 is 4.79 Å². The highest BCUT2D eigenvalue weighted by Crippen LogP contribution is 2.17. The Kier molecular flexibility index (Phi) is 3.42. The number of nitrogens with zero attached hydrogens (tertiary/aromatic N) is 4. The quantitative estimate of drug-likeness (QED) is 0.803. The van der Waals surface area contributed by atoms with Crippen LogP contribution in [0.2, 0.25) is 0 Å². The summed E-state index contributed by atoms with van der Waals surface area (Å²) in [5.74, 6) is -0.143. The molecule has 0 atom stereocenters. The van der Waals surface area contributed by atoms with Gasteiger partial charge in [-0.2, -0.15) is 5.10 Å². The third kappa shape index (κ3) is 2.64. The summed E-state index contributed by atoms with van der Waals surface area (Å²) in [5.41, 5.74) is 3.12. The number of nitrogens with one attached hydrogen (secondary N) is 1. The van der Waals surface area contributed by atoms with Crippen molar-refractivity contribution in [2.24, 2.45) is 7.05 Å². The van der Waals surface area contributed by atoms with Crippen molar-refractivity contribution in [3.05, 3.63) is 39.6 Å². The van der Waals surface area contributed by atoms with Gasteiger partial charge >= 0.3 is 0 Å². The molecule has 0 aliphatic rings. The van der Waals surface area contributed by atoms with Crippen LogP contribution in [0.15, 0.2) is 18.5 Å². The lowest BCUT2D eigenvalue weighted by Gasteiger charge is -2.04. The molecule has 0 aliphatic heterocycles. The van der Waals surface area contributed by atoms with E-state index in [9.17, 15) is 4.79 Å². The van der Waals surface area contributed by atoms with Crippen molar-refractivity contribution in [1.82, 2.24) is 25.1 Å². The molecule has 3 aromatic rings. The molecule has 0 aromatic carbocycles. The van der Waals surface area contributed by atoms with Gasteiger partial charge in [0.05, 0.1) is 34.5 Å². The fourth-order valence-electron chi connectivity index (χ4n) is 2.15. The predicted molar refractivity (Wildman–Crippen MR) is 81.3 cm³/mol. The summed E-state index contributed by atoms with van der Waals surface area (Å²) in [7, 11) is 1.83. The zero-order valence-corrected chi connectivity index (χ0v) is 12.9. The van der Waals surface area contributed by atoms with Gasteiger partial charge in [0, 0.05) is 18.1 Å². The van der Waals surface area contributed by atoms with E-state index in [1.54, 1.807) is 34.5 Å². The Morgan fingerprint density at radius 2 is 2.19 bits per heavy atom. The van der Waals surface area contributed by atoms with E-state index >= 15 is 0 Å². The van der Waals surface area contributed by atoms with Gasteiger partial charge in [-0.05, 0) is 19.9 Å². The summed E-state index contributed by atoms with van der Waals surface area (Å²) in [6, 6.07) is 1.80. The topological polar surface area (TPSA) is 72.7 Å². The highest BCUT2D eigenvalue weighted by molar-refractivity contribution is 7.11. The zero-order chi connectivity index (χ0) is 15.0. The summed E-state index contributed by atoms with van der Waals surface area (Å²) < 4.78 is 1.70. The Balaban J connectivity index is 1.77. The SMILES string of the molecule is Cc1nc(C)c(CNC(=O)c2cnc3cnn(C)c3c2)s1. The lowest BCUT2D eigenvalue weighted by molar-refractivity contribution is 0.0951. The molecule has 0 fully saturated rings. The van der Waals surface area contributed by atoms with Gasteiger partial charge in [0.15, 0.2) is 0 Å². The molecular formula is C14H15N5OS. The number of pyridine rings is 1. The number of rotatable bonds is 3. The second kappa shape index (κ2) is 5.25. The first-order valence-electron chi connectivity index (χ1n) is 6.53. The second-order valence-electron chi connectivity index (χ2n) is 4.82. The molecule has 21 heavy (non-hydrogen) atoms. The van der Waals surface area contributed by atoms with Gasteiger partial charge in [0.25, 0.3) is 5.91 Å². The van der Waals surface area contributed by atoms with Gasteiger partial charge in [0.2, 0.25) is 0 Å². The lowest BCUT2D eigenvalue weighted by Crippen LogP contribution is -2.22. The number of carbonyl (C=O) groups is 1. The summed E-state index contributed by atoms with van der Waals surface area (Å²) >= 11 is 1.60. The molecule has 6 nitrogen and oxygen atoms in total. The van der Waals surface area contributed by atoms with Crippen LogP contribution in [0.4, 0.5) is 0 Å². The number of amides is 1. The molecule has 1 N–H and O–H groups in total. The van der Waals surface area contributed by atoms with E-state index in [0.29, 0.717) is 12.1 Å². The molecule has 3 aromatic heterocycles. The molecule has 3 rings (SSSR count). The van der Waals surface area contributed by atoms with Gasteiger partial charge < -0.3 is 5.32 Å². The summed E-state index contributed by atoms with van der Waals surface area (Å²) in [5, 5.41) is 8.04. The van der Waals surface area contributed by atoms with Crippen molar-refractivity contribution in [1.29, 1.82) is 0 Å². The van der Waals surface area contributed by atoms with Crippen LogP contribution in [0, 0.1) is 13.8 Å². The highest BCUT2D eigenvalue weighted by atomic mass is 32.1. The Morgan fingerprint density at radius 3 is 2.90 bits per heavy atom. The summed E-state index contributed by atoms with van der Waals surface area (Å²) in [6.45, 7) is 4.40. The molecule has 0 aliphatic carbocycles. The monoisotopic (exact) mass is 301 g/mol. The standard InChI is InChI=1S/C14H15N5OS/c1-8-13(21-9(2)18-8)7-16-14(20)10-4-12-11(15-5-10)6-17-19(12)3/h4-6H,7H2,1-3H3,(H,16,20). The number of thiazole rings is 1. The molecule has 1 amide bonds. The molecule has 0 saturated heterocycles. The minimum absolute atomic E-state index is 0.143. The molecule has 108 valence electrons. The van der Waals surface area contributed by atoms with Gasteiger partial charge in [-0.1, -0.05) is 0 Å². The Hall–Kier alpha value is -2.28. The number of aryl methyl sites for hydroxylation is 3. The van der Waals surface area contributed by atoms with E-state index in [4.69, 9.17) is 0 Å². The van der Waals surface area contributed by atoms with Crippen LogP contribution in [0.3, 0.4) is 0 Å². The predicted octanol–water partition coefficient (Wildman–Crippen LogP) is 1.97. The maximum Gasteiger partial charge on any atom is 0.253 e. The third-order valence-electron chi connectivity index (χ3n) is 3.27. The molecule has 3 heterocycles. The molecule has 0 spiro atoms. The number of hydrogen-bond acceptors (Lipinski definition) is 5. The molecule has 0 saturated carbocycles. The average molecular weight is 301 g/mol. The van der Waals surface area contributed by atoms with Crippen molar-refractivity contribution in [2.45, 2.75) is 20.4 Å². The molecular weight excluding hydrogens is 286 g/mol. The fourth-order valence-corrected chi connectivity index (χ4v) is 3.03. The number of fused-ring (bicyclic) bond motifs is 1. The van der Waals surface area contributed by atoms with Crippen LogP contribution in [0.1, 0.15) is 25.9 Å². The molecule has 0 unspecified atom stereocenters. The van der Waals surface area contributed by atoms with Crippen LogP contribution in [-0.4, -0.2) is 25.7 Å². The van der Waals surface area contributed by atoms with Gasteiger partial charge in [-0.15, -0.1) is 11.3 Å². The molecule has 0 bridgehead atoms. The smallest absolute Gasteiger partial charge is 0.253 e. The van der Waals surface area contributed by atoms with E-state index in [-0.39, 0.29) is 5.91 Å². The van der Waals surface area contributed by atoms with Crippen molar-refractivity contribution in [3.8, 4) is 0 Å². The van der Waals surface area contributed by atoms with Crippen molar-refractivity contribution in [2.75, 3.05) is 0 Å². The largest absolute Gasteiger partial charge is 0.347 e. The average Bonchev–Trinajstić information content (AvgIpc) is 2.99. The maximum atomic E-state index is 12.2. The molecule has 0 radical (unpaired) electrons. The minimum Gasteiger partial charge on any atom is -0.347 e. The van der Waals surface area contributed by atoms with E-state index in [1.807, 2.05) is 20.9 Å². The lowest BCUT2D eigenvalue weighted by atomic mass is 10.2. The van der Waals surface area contributed by atoms with Crippen LogP contribution < -0.4 is 5.32 Å². The third-order valence-corrected chi connectivity index (χ3v) is 4.34. The van der Waals surface area contributed by atoms with Crippen LogP contribution in [0.5, 0.6) is 0 Å². The van der Waals surface area contributed by atoms with Crippen molar-refractivity contribution >= 4 is 28.3 Å². The fraction of sp³-hybridized carbons (Fsp3) is 0.286. The second-order valence-corrected chi connectivity index (χ2v) is 6.11. The van der Waals surface area contributed by atoms with E-state index in [1.165, 1.54) is 0 Å². The zero-order valence-electron chi connectivity index (χ0n) is 12.0. The summed E-state index contributed by atoms with van der Waals surface area (Å²) in [4.78, 5) is 21.9. The number of hydrogen-bond donors (Lipinski definition) is 1. The van der Waals surface area contributed by atoms with E-state index < -0.39 is 0 Å². The first-order valence-corrected chi connectivity index (χ1v) is 7.35. The van der Waals surface area contributed by atoms with Gasteiger partial charge in [0.1, 0.15) is 5.52 Å². The van der Waals surface area contributed by atoms with Crippen LogP contribution >= 0.6 is 11.3 Å². The summed E-state index contributed by atoms with van der Waals surface area (Å²) in [6.07, 6.45) is 3.25. The number of aromatic nitrogens is 4. The maximum absolute atomic E-state index is 12.2. The Labute approximate surface area is 125 Å². The number of carbonyl (C=O) groups excluding carboxylic acids is 1. The van der Waals surface area contributed by atoms with Crippen LogP contribution in [-0.2, 0) is 13.6 Å². The first kappa shape index (κ1) is 13.7. The normalized spacial score (nSPS) is 11.0. The van der Waals surface area contributed by atoms with Gasteiger partial charge in [-0.3, -0.25) is 14.5 Å². The Morgan fingerprint density at radius 1 is 1.38 bits per heavy atom. The van der Waals surface area contributed by atoms with Crippen molar-refractivity contribution in [3.63, 3.8) is 0 Å². The van der Waals surface area contributed by atoms with E-state index in [2.05, 4.69) is 20.4 Å². The van der Waals surface area contributed by atoms with Crippen LogP contribution in [0.25, 0.3) is 11.0 Å². The minimum atomic E-state index is -0.143. The molecule has 7 heteroatoms. The van der Waals surface area contributed by atoms with Gasteiger partial charge in [-0.25, -0.2) is 4.98 Å². The van der Waals surface area contributed by atoms with E-state index in [0.717, 1.165) is 26.6 Å².